The van der Waals surface area contributed by atoms with Gasteiger partial charge in [0.1, 0.15) is 5.54 Å². The van der Waals surface area contributed by atoms with E-state index in [1.165, 1.54) is 12.0 Å². The fourth-order valence-corrected chi connectivity index (χ4v) is 6.50. The van der Waals surface area contributed by atoms with Gasteiger partial charge in [-0.1, -0.05) is 48.5 Å². The summed E-state index contributed by atoms with van der Waals surface area (Å²) in [6.45, 7) is 4.27. The lowest BCUT2D eigenvalue weighted by Gasteiger charge is -2.44. The van der Waals surface area contributed by atoms with Gasteiger partial charge in [0.05, 0.1) is 18.9 Å². The second-order valence-electron chi connectivity index (χ2n) is 10.5. The SMILES string of the molecule is CCN1C(=O)C2C(c3ccc(-c4ccc(C(C)=O)cc4)cc3)N3CCCC[C@@]3(C(=O)OC)C2C1=O.O=C(O)C(F)(F)F. The number of hydrogen-bond donors (Lipinski definition) is 1. The van der Waals surface area contributed by atoms with E-state index in [-0.39, 0.29) is 23.6 Å². The second kappa shape index (κ2) is 11.7. The normalized spacial score (nSPS) is 25.3. The van der Waals surface area contributed by atoms with Crippen LogP contribution in [0.5, 0.6) is 0 Å². The van der Waals surface area contributed by atoms with Crippen LogP contribution < -0.4 is 0 Å². The number of hydrogen-bond acceptors (Lipinski definition) is 7. The summed E-state index contributed by atoms with van der Waals surface area (Å²) in [6, 6.07) is 15.1. The minimum absolute atomic E-state index is 0.0233. The van der Waals surface area contributed by atoms with Crippen LogP contribution >= 0.6 is 0 Å². The number of benzene rings is 2. The highest BCUT2D eigenvalue weighted by atomic mass is 19.4. The van der Waals surface area contributed by atoms with Gasteiger partial charge in [0.2, 0.25) is 11.8 Å². The lowest BCUT2D eigenvalue weighted by Crippen LogP contribution is -2.59. The molecule has 0 bridgehead atoms. The van der Waals surface area contributed by atoms with Crippen molar-refractivity contribution >= 4 is 29.5 Å². The van der Waals surface area contributed by atoms with Crippen LogP contribution in [0.2, 0.25) is 0 Å². The van der Waals surface area contributed by atoms with Crippen molar-refractivity contribution in [2.45, 2.75) is 50.9 Å². The first kappa shape index (κ1) is 30.9. The molecule has 2 aromatic carbocycles. The van der Waals surface area contributed by atoms with E-state index in [1.54, 1.807) is 13.8 Å². The van der Waals surface area contributed by atoms with Gasteiger partial charge in [-0.2, -0.15) is 13.2 Å². The van der Waals surface area contributed by atoms with Gasteiger partial charge in [0.25, 0.3) is 0 Å². The summed E-state index contributed by atoms with van der Waals surface area (Å²) in [7, 11) is 1.36. The van der Waals surface area contributed by atoms with Gasteiger partial charge >= 0.3 is 18.1 Å². The second-order valence-corrected chi connectivity index (χ2v) is 10.5. The molecule has 1 N–H and O–H groups in total. The zero-order valence-corrected chi connectivity index (χ0v) is 23.3. The Morgan fingerprint density at radius 2 is 1.52 bits per heavy atom. The molecule has 42 heavy (non-hydrogen) atoms. The molecular weight excluding hydrogens is 557 g/mol. The molecule has 2 amide bonds. The third kappa shape index (κ3) is 5.19. The Kier molecular flexibility index (Phi) is 8.58. The molecule has 0 radical (unpaired) electrons. The summed E-state index contributed by atoms with van der Waals surface area (Å²) in [5.41, 5.74) is 2.44. The number of ether oxygens (including phenoxy) is 1. The van der Waals surface area contributed by atoms with Crippen molar-refractivity contribution in [3.8, 4) is 11.1 Å². The van der Waals surface area contributed by atoms with E-state index >= 15 is 0 Å². The number of alkyl halides is 3. The van der Waals surface area contributed by atoms with E-state index in [9.17, 15) is 32.3 Å². The molecule has 9 nitrogen and oxygen atoms in total. The summed E-state index contributed by atoms with van der Waals surface area (Å²) in [4.78, 5) is 64.1. The van der Waals surface area contributed by atoms with E-state index in [0.29, 0.717) is 25.1 Å². The van der Waals surface area contributed by atoms with Crippen LogP contribution in [0.25, 0.3) is 11.1 Å². The van der Waals surface area contributed by atoms with Crippen molar-refractivity contribution in [2.75, 3.05) is 20.2 Å². The smallest absolute Gasteiger partial charge is 0.475 e. The lowest BCUT2D eigenvalue weighted by atomic mass is 9.75. The van der Waals surface area contributed by atoms with Crippen molar-refractivity contribution in [3.05, 3.63) is 59.7 Å². The molecule has 12 heteroatoms. The number of piperidine rings is 1. The van der Waals surface area contributed by atoms with Crippen LogP contribution in [-0.4, -0.2) is 76.4 Å². The van der Waals surface area contributed by atoms with E-state index in [1.807, 2.05) is 48.5 Å². The van der Waals surface area contributed by atoms with Gasteiger partial charge in [-0.25, -0.2) is 4.79 Å². The zero-order chi connectivity index (χ0) is 31.0. The molecule has 3 aliphatic rings. The number of halogens is 3. The third-order valence-corrected chi connectivity index (χ3v) is 8.33. The summed E-state index contributed by atoms with van der Waals surface area (Å²) in [5.74, 6) is -4.95. The number of amides is 2. The van der Waals surface area contributed by atoms with Crippen molar-refractivity contribution in [1.82, 2.24) is 9.80 Å². The maximum atomic E-state index is 13.5. The first-order valence-electron chi connectivity index (χ1n) is 13.5. The summed E-state index contributed by atoms with van der Waals surface area (Å²) < 4.78 is 37.0. The fraction of sp³-hybridized carbons (Fsp3) is 0.433. The number of methoxy groups -OCH3 is 1. The number of carboxylic acid groups (broad SMARTS) is 1. The van der Waals surface area contributed by atoms with E-state index in [0.717, 1.165) is 29.5 Å². The number of esters is 1. The van der Waals surface area contributed by atoms with Crippen molar-refractivity contribution in [3.63, 3.8) is 0 Å². The van der Waals surface area contributed by atoms with Gasteiger partial charge in [-0.05, 0) is 56.3 Å². The van der Waals surface area contributed by atoms with Crippen LogP contribution in [0.4, 0.5) is 13.2 Å². The minimum atomic E-state index is -5.08. The summed E-state index contributed by atoms with van der Waals surface area (Å²) in [5, 5.41) is 7.12. The third-order valence-electron chi connectivity index (χ3n) is 8.33. The van der Waals surface area contributed by atoms with Gasteiger partial charge in [-0.3, -0.25) is 29.0 Å². The quantitative estimate of drug-likeness (QED) is 0.313. The van der Waals surface area contributed by atoms with Crippen molar-refractivity contribution in [1.29, 1.82) is 0 Å². The number of ketones is 1. The fourth-order valence-electron chi connectivity index (χ4n) is 6.50. The van der Waals surface area contributed by atoms with E-state index in [2.05, 4.69) is 4.90 Å². The largest absolute Gasteiger partial charge is 0.490 e. The number of nitrogens with zero attached hydrogens (tertiary/aromatic N) is 2. The van der Waals surface area contributed by atoms with Gasteiger partial charge < -0.3 is 9.84 Å². The molecule has 2 aromatic rings. The standard InChI is InChI=1S/C28H30N2O5.C2HF3O2/c1-4-29-25(32)22-23(26(29)33)28(27(34)35-3)15-5-6-16-30(28)24(22)21-13-11-20(12-14-21)19-9-7-18(8-10-19)17(2)31;3-2(4,5)1(6)7/h7-14,22-24H,4-6,15-16H2,1-3H3;(H,6,7)/t22?,23?,24?,28-;/m0./s1. The molecule has 0 saturated carbocycles. The average Bonchev–Trinajstić information content (AvgIpc) is 3.42. The molecule has 3 unspecified atom stereocenters. The number of carbonyl (C=O) groups excluding carboxylic acids is 4. The number of carbonyl (C=O) groups is 5. The average molecular weight is 589 g/mol. The first-order chi connectivity index (χ1) is 19.8. The van der Waals surface area contributed by atoms with Crippen molar-refractivity contribution in [2.24, 2.45) is 11.8 Å². The first-order valence-corrected chi connectivity index (χ1v) is 13.5. The molecular formula is C30H31F3N2O7. The predicted molar refractivity (Wildman–Crippen MR) is 143 cm³/mol. The molecule has 224 valence electrons. The number of rotatable bonds is 5. The Bertz CT molecular complexity index is 1390. The molecule has 3 saturated heterocycles. The highest BCUT2D eigenvalue weighted by Crippen LogP contribution is 2.58. The molecule has 0 aliphatic carbocycles. The molecule has 3 heterocycles. The predicted octanol–water partition coefficient (Wildman–Crippen LogP) is 4.26. The Morgan fingerprint density at radius 3 is 2.00 bits per heavy atom. The molecule has 0 spiro atoms. The number of Topliss-reactive ketones (excluding diaryl/α,β-unsaturated/α-hetero) is 1. The van der Waals surface area contributed by atoms with Crippen LogP contribution in [0.1, 0.15) is 55.1 Å². The molecule has 3 aliphatic heterocycles. The number of carboxylic acids is 1. The van der Waals surface area contributed by atoms with Gasteiger partial charge in [-0.15, -0.1) is 0 Å². The summed E-state index contributed by atoms with van der Waals surface area (Å²) in [6.07, 6.45) is -2.87. The topological polar surface area (TPSA) is 121 Å². The lowest BCUT2D eigenvalue weighted by molar-refractivity contribution is -0.192. The number of imide groups is 1. The zero-order valence-electron chi connectivity index (χ0n) is 23.3. The van der Waals surface area contributed by atoms with Gasteiger partial charge in [0.15, 0.2) is 5.78 Å². The summed E-state index contributed by atoms with van der Waals surface area (Å²) >= 11 is 0. The van der Waals surface area contributed by atoms with E-state index in [4.69, 9.17) is 14.6 Å². The van der Waals surface area contributed by atoms with Crippen LogP contribution in [-0.2, 0) is 23.9 Å². The molecule has 5 rings (SSSR count). The maximum absolute atomic E-state index is 13.5. The van der Waals surface area contributed by atoms with Crippen LogP contribution in [0, 0.1) is 11.8 Å². The van der Waals surface area contributed by atoms with E-state index < -0.39 is 35.5 Å². The minimum Gasteiger partial charge on any atom is -0.475 e. The molecule has 4 atom stereocenters. The van der Waals surface area contributed by atoms with Crippen LogP contribution in [0.15, 0.2) is 48.5 Å². The number of aliphatic carboxylic acids is 1. The number of likely N-dealkylation sites (tertiary alicyclic amines) is 1. The highest BCUT2D eigenvalue weighted by molar-refractivity contribution is 6.09. The Labute approximate surface area is 240 Å². The Balaban J connectivity index is 0.000000517. The Hall–Kier alpha value is -4.06. The van der Waals surface area contributed by atoms with Gasteiger partial charge in [0, 0.05) is 18.2 Å². The highest BCUT2D eigenvalue weighted by Gasteiger charge is 2.72. The maximum Gasteiger partial charge on any atom is 0.490 e. The molecule has 3 fully saturated rings. The van der Waals surface area contributed by atoms with Crippen LogP contribution in [0.3, 0.4) is 0 Å². The monoisotopic (exact) mass is 588 g/mol. The molecule has 0 aromatic heterocycles. The van der Waals surface area contributed by atoms with Crippen molar-refractivity contribution < 1.29 is 47.0 Å². The number of fused-ring (bicyclic) bond motifs is 3. The Morgan fingerprint density at radius 1 is 0.976 bits per heavy atom.